The van der Waals surface area contributed by atoms with E-state index in [1.54, 1.807) is 0 Å². The van der Waals surface area contributed by atoms with E-state index in [0.717, 1.165) is 0 Å². The van der Waals surface area contributed by atoms with Gasteiger partial charge in [-0.25, -0.2) is 0 Å². The fourth-order valence-electron chi connectivity index (χ4n) is 0.179. The third kappa shape index (κ3) is 1.82. The zero-order valence-electron chi connectivity index (χ0n) is 4.45. The van der Waals surface area contributed by atoms with Crippen molar-refractivity contribution in [2.75, 3.05) is 0 Å². The molecule has 0 aliphatic rings. The molecule has 1 nitrogen and oxygen atoms in total. The highest BCUT2D eigenvalue weighted by Crippen LogP contribution is 2.12. The molecule has 0 unspecified atom stereocenters. The van der Waals surface area contributed by atoms with E-state index in [9.17, 15) is 13.6 Å². The normalized spacial score (nSPS) is 10.9. The molecule has 0 aliphatic carbocycles. The lowest BCUT2D eigenvalue weighted by Crippen LogP contribution is -2.21. The minimum atomic E-state index is -3.25. The lowest BCUT2D eigenvalue weighted by Gasteiger charge is -2.01. The fraction of sp³-hybridized carbons (Fsp3) is 0.400. The summed E-state index contributed by atoms with van der Waals surface area (Å²) >= 11 is 0. The Labute approximate surface area is 46.0 Å². The molecule has 0 radical (unpaired) electrons. The van der Waals surface area contributed by atoms with Crippen LogP contribution < -0.4 is 0 Å². The van der Waals surface area contributed by atoms with Crippen molar-refractivity contribution in [1.82, 2.24) is 0 Å². The second kappa shape index (κ2) is 2.03. The van der Waals surface area contributed by atoms with E-state index in [2.05, 4.69) is 6.58 Å². The number of carbonyl (C=O) groups is 1. The molecule has 0 aliphatic heterocycles. The molecule has 8 heavy (non-hydrogen) atoms. The summed E-state index contributed by atoms with van der Waals surface area (Å²) in [5.74, 6) is -4.49. The molecule has 0 bridgehead atoms. The molecule has 0 rings (SSSR count). The Morgan fingerprint density at radius 2 is 2.12 bits per heavy atom. The first kappa shape index (κ1) is 7.27. The number of hydrogen-bond acceptors (Lipinski definition) is 1. The van der Waals surface area contributed by atoms with E-state index in [1.807, 2.05) is 0 Å². The van der Waals surface area contributed by atoms with Gasteiger partial charge in [-0.1, -0.05) is 6.58 Å². The Morgan fingerprint density at radius 3 is 2.12 bits per heavy atom. The number of alkyl halides is 2. The summed E-state index contributed by atoms with van der Waals surface area (Å²) < 4.78 is 23.4. The second-order valence-electron chi connectivity index (χ2n) is 1.46. The van der Waals surface area contributed by atoms with Gasteiger partial charge in [-0.15, -0.1) is 0 Å². The van der Waals surface area contributed by atoms with Crippen LogP contribution in [0.3, 0.4) is 0 Å². The molecule has 0 atom stereocenters. The number of ketones is 1. The Morgan fingerprint density at radius 1 is 1.75 bits per heavy atom. The molecule has 0 spiro atoms. The van der Waals surface area contributed by atoms with Crippen LogP contribution in [0.4, 0.5) is 8.78 Å². The van der Waals surface area contributed by atoms with Gasteiger partial charge < -0.3 is 0 Å². The van der Waals surface area contributed by atoms with Crippen molar-refractivity contribution < 1.29 is 13.6 Å². The number of hydrogen-bond donors (Lipinski definition) is 0. The lowest BCUT2D eigenvalue weighted by molar-refractivity contribution is -0.135. The van der Waals surface area contributed by atoms with Crippen LogP contribution in [0.25, 0.3) is 0 Å². The van der Waals surface area contributed by atoms with E-state index < -0.39 is 11.7 Å². The van der Waals surface area contributed by atoms with E-state index in [-0.39, 0.29) is 0 Å². The van der Waals surface area contributed by atoms with Gasteiger partial charge in [0.25, 0.3) is 0 Å². The summed E-state index contributed by atoms with van der Waals surface area (Å²) in [5.41, 5.74) is 0. The smallest absolute Gasteiger partial charge is 0.288 e. The largest absolute Gasteiger partial charge is 0.306 e. The zero-order chi connectivity index (χ0) is 6.78. The summed E-state index contributed by atoms with van der Waals surface area (Å²) in [6.45, 7) is 3.44. The highest BCUT2D eigenvalue weighted by molar-refractivity contribution is 5.94. The van der Waals surface area contributed by atoms with Crippen LogP contribution >= 0.6 is 0 Å². The van der Waals surface area contributed by atoms with Crippen LogP contribution in [0.5, 0.6) is 0 Å². The van der Waals surface area contributed by atoms with Gasteiger partial charge >= 0.3 is 5.92 Å². The zero-order valence-corrected chi connectivity index (χ0v) is 4.45. The molecule has 0 saturated heterocycles. The van der Waals surface area contributed by atoms with E-state index in [1.165, 1.54) is 0 Å². The van der Waals surface area contributed by atoms with Gasteiger partial charge in [-0.2, -0.15) is 8.78 Å². The van der Waals surface area contributed by atoms with Gasteiger partial charge in [-0.3, -0.25) is 4.79 Å². The van der Waals surface area contributed by atoms with Gasteiger partial charge in [0.05, 0.1) is 0 Å². The molecule has 46 valence electrons. The maximum atomic E-state index is 11.7. The van der Waals surface area contributed by atoms with Crippen molar-refractivity contribution >= 4 is 5.78 Å². The van der Waals surface area contributed by atoms with Gasteiger partial charge in [0, 0.05) is 6.92 Å². The highest BCUT2D eigenvalue weighted by atomic mass is 19.3. The molecular weight excluding hydrogens is 114 g/mol. The molecule has 0 aromatic rings. The molecule has 0 aromatic carbocycles. The SMILES string of the molecule is C=CC(=O)C(C)(F)F. The molecule has 0 amide bonds. The maximum absolute atomic E-state index is 11.7. The van der Waals surface area contributed by atoms with Gasteiger partial charge in [0.15, 0.2) is 0 Å². The van der Waals surface area contributed by atoms with Crippen molar-refractivity contribution in [1.29, 1.82) is 0 Å². The molecule has 0 heterocycles. The summed E-state index contributed by atoms with van der Waals surface area (Å²) in [5, 5.41) is 0. The molecule has 3 heteroatoms. The van der Waals surface area contributed by atoms with Gasteiger partial charge in [0.2, 0.25) is 5.78 Å². The molecular formula is C5H6F2O. The van der Waals surface area contributed by atoms with Gasteiger partial charge in [0.1, 0.15) is 0 Å². The standard InChI is InChI=1S/C5H6F2O/c1-3-4(8)5(2,6)7/h3H,1H2,2H3. The minimum Gasteiger partial charge on any atom is -0.288 e. The third-order valence-corrected chi connectivity index (χ3v) is 0.618. The number of rotatable bonds is 2. The van der Waals surface area contributed by atoms with Crippen molar-refractivity contribution in [3.63, 3.8) is 0 Å². The Kier molecular flexibility index (Phi) is 1.84. The monoisotopic (exact) mass is 120 g/mol. The van der Waals surface area contributed by atoms with E-state index >= 15 is 0 Å². The van der Waals surface area contributed by atoms with E-state index in [4.69, 9.17) is 0 Å². The Hall–Kier alpha value is -0.730. The summed E-state index contributed by atoms with van der Waals surface area (Å²) in [6.07, 6.45) is 0.611. The number of carbonyl (C=O) groups excluding carboxylic acids is 1. The maximum Gasteiger partial charge on any atom is 0.306 e. The molecule has 0 aromatic heterocycles. The first-order chi connectivity index (χ1) is 3.48. The number of allylic oxidation sites excluding steroid dienone is 1. The molecule has 0 N–H and O–H groups in total. The summed E-state index contributed by atoms with van der Waals surface area (Å²) in [7, 11) is 0. The van der Waals surface area contributed by atoms with Crippen LogP contribution in [0, 0.1) is 0 Å². The Bertz CT molecular complexity index is 112. The second-order valence-corrected chi connectivity index (χ2v) is 1.46. The topological polar surface area (TPSA) is 17.1 Å². The molecule has 0 fully saturated rings. The quantitative estimate of drug-likeness (QED) is 0.503. The Balaban J connectivity index is 4.02. The first-order valence-electron chi connectivity index (χ1n) is 2.03. The van der Waals surface area contributed by atoms with Crippen LogP contribution in [0.2, 0.25) is 0 Å². The van der Waals surface area contributed by atoms with Crippen molar-refractivity contribution in [2.45, 2.75) is 12.8 Å². The van der Waals surface area contributed by atoms with Crippen LogP contribution in [-0.2, 0) is 4.79 Å². The first-order valence-corrected chi connectivity index (χ1v) is 2.03. The van der Waals surface area contributed by atoms with Crippen molar-refractivity contribution in [3.05, 3.63) is 12.7 Å². The summed E-state index contributed by atoms with van der Waals surface area (Å²) in [6, 6.07) is 0. The summed E-state index contributed by atoms with van der Waals surface area (Å²) in [4.78, 5) is 9.97. The van der Waals surface area contributed by atoms with E-state index in [0.29, 0.717) is 13.0 Å². The molecule has 0 saturated carbocycles. The van der Waals surface area contributed by atoms with Crippen molar-refractivity contribution in [2.24, 2.45) is 0 Å². The minimum absolute atomic E-state index is 0.539. The lowest BCUT2D eigenvalue weighted by atomic mass is 10.2. The fourth-order valence-corrected chi connectivity index (χ4v) is 0.179. The predicted octanol–water partition coefficient (Wildman–Crippen LogP) is 1.40. The van der Waals surface area contributed by atoms with Crippen LogP contribution in [-0.4, -0.2) is 11.7 Å². The highest BCUT2D eigenvalue weighted by Gasteiger charge is 2.28. The average Bonchev–Trinajstić information content (AvgIpc) is 1.62. The van der Waals surface area contributed by atoms with Crippen molar-refractivity contribution in [3.8, 4) is 0 Å². The third-order valence-electron chi connectivity index (χ3n) is 0.618. The van der Waals surface area contributed by atoms with Crippen LogP contribution in [0.15, 0.2) is 12.7 Å². The number of halogens is 2. The van der Waals surface area contributed by atoms with Crippen LogP contribution in [0.1, 0.15) is 6.92 Å². The van der Waals surface area contributed by atoms with Gasteiger partial charge in [-0.05, 0) is 6.08 Å². The predicted molar refractivity (Wildman–Crippen MR) is 25.8 cm³/mol. The average molecular weight is 120 g/mol.